The molecule has 0 aromatic rings. The highest BCUT2D eigenvalue weighted by atomic mass is 16.6. The van der Waals surface area contributed by atoms with Crippen molar-refractivity contribution in [2.45, 2.75) is 147 Å². The summed E-state index contributed by atoms with van der Waals surface area (Å²) in [4.78, 5) is 68.8. The Kier molecular flexibility index (Phi) is 23.5. The van der Waals surface area contributed by atoms with Gasteiger partial charge in [0.15, 0.2) is 5.60 Å². The third kappa shape index (κ3) is 27.4. The fourth-order valence-electron chi connectivity index (χ4n) is 4.26. The van der Waals surface area contributed by atoms with E-state index in [9.17, 15) is 28.8 Å². The van der Waals surface area contributed by atoms with Crippen LogP contribution < -0.4 is 0 Å². The van der Waals surface area contributed by atoms with Crippen LogP contribution in [0.25, 0.3) is 0 Å². The average molecular weight is 617 g/mol. The summed E-state index contributed by atoms with van der Waals surface area (Å²) in [6.45, 7) is 0.993. The van der Waals surface area contributed by atoms with Crippen molar-refractivity contribution in [2.24, 2.45) is 0 Å². The Hall–Kier alpha value is -3.18. The minimum absolute atomic E-state index is 0.122. The van der Waals surface area contributed by atoms with Crippen LogP contribution in [0.5, 0.6) is 0 Å². The summed E-state index contributed by atoms with van der Waals surface area (Å²) in [6, 6.07) is 0. The van der Waals surface area contributed by atoms with Gasteiger partial charge in [-0.25, -0.2) is 0 Å². The first-order valence-electron chi connectivity index (χ1n) is 15.6. The molecule has 0 saturated carbocycles. The molecule has 0 atom stereocenters. The molecule has 248 valence electrons. The van der Waals surface area contributed by atoms with Gasteiger partial charge in [0.05, 0.1) is 0 Å². The summed E-state index contributed by atoms with van der Waals surface area (Å²) < 4.78 is 16.3. The molecule has 0 rings (SSSR count). The summed E-state index contributed by atoms with van der Waals surface area (Å²) in [5.41, 5.74) is -1.36. The molecule has 0 radical (unpaired) electrons. The molecule has 0 amide bonds. The number of unbranched alkanes of at least 4 members (excludes halogenated alkanes) is 12. The summed E-state index contributed by atoms with van der Waals surface area (Å²) in [7, 11) is 0. The number of carboxylic acid groups (broad SMARTS) is 3. The molecule has 3 N–H and O–H groups in total. The summed E-state index contributed by atoms with van der Waals surface area (Å²) in [6.07, 6.45) is 11.3. The number of rotatable bonds is 29. The Morgan fingerprint density at radius 3 is 0.977 bits per heavy atom. The second-order valence-electron chi connectivity index (χ2n) is 11.2. The second kappa shape index (κ2) is 25.3. The largest absolute Gasteiger partial charge is 0.481 e. The lowest BCUT2D eigenvalue weighted by molar-refractivity contribution is -0.182. The molecule has 0 aliphatic rings. The monoisotopic (exact) mass is 616 g/mol. The van der Waals surface area contributed by atoms with Crippen molar-refractivity contribution in [3.63, 3.8) is 0 Å². The van der Waals surface area contributed by atoms with E-state index < -0.39 is 41.4 Å². The van der Waals surface area contributed by atoms with Gasteiger partial charge in [-0.15, -0.1) is 0 Å². The van der Waals surface area contributed by atoms with Crippen LogP contribution in [0.4, 0.5) is 0 Å². The Balaban J connectivity index is 4.61. The van der Waals surface area contributed by atoms with Crippen LogP contribution in [-0.2, 0) is 43.0 Å². The molecule has 0 aromatic carbocycles. The highest BCUT2D eigenvalue weighted by molar-refractivity contribution is 5.71. The Labute approximate surface area is 254 Å². The summed E-state index contributed by atoms with van der Waals surface area (Å²) in [5.74, 6) is -3.92. The van der Waals surface area contributed by atoms with E-state index in [1.807, 2.05) is 0 Å². The predicted octanol–water partition coefficient (Wildman–Crippen LogP) is 5.82. The Bertz CT molecular complexity index is 795. The lowest BCUT2D eigenvalue weighted by Gasteiger charge is -2.28. The van der Waals surface area contributed by atoms with Crippen LogP contribution in [-0.4, -0.2) is 70.0 Å². The minimum Gasteiger partial charge on any atom is -0.481 e. The van der Waals surface area contributed by atoms with Gasteiger partial charge in [-0.3, -0.25) is 28.8 Å². The molecular formula is C31H52O12. The van der Waals surface area contributed by atoms with Crippen molar-refractivity contribution in [3.05, 3.63) is 0 Å². The Morgan fingerprint density at radius 2 is 0.674 bits per heavy atom. The zero-order valence-corrected chi connectivity index (χ0v) is 25.8. The van der Waals surface area contributed by atoms with Gasteiger partial charge in [-0.2, -0.15) is 0 Å². The zero-order chi connectivity index (χ0) is 32.3. The number of esters is 3. The highest BCUT2D eigenvalue weighted by Crippen LogP contribution is 2.18. The van der Waals surface area contributed by atoms with Crippen LogP contribution in [0.15, 0.2) is 0 Å². The van der Waals surface area contributed by atoms with Gasteiger partial charge in [0, 0.05) is 38.5 Å². The van der Waals surface area contributed by atoms with Gasteiger partial charge >= 0.3 is 35.8 Å². The lowest BCUT2D eigenvalue weighted by Crippen LogP contribution is -2.42. The summed E-state index contributed by atoms with van der Waals surface area (Å²) >= 11 is 0. The van der Waals surface area contributed by atoms with Crippen LogP contribution in [0.2, 0.25) is 0 Å². The molecule has 0 aliphatic carbocycles. The number of aliphatic carboxylic acids is 3. The fourth-order valence-corrected chi connectivity index (χ4v) is 4.26. The standard InChI is InChI=1S/C31H52O12/c1-31(43-30(40)22-16-10-4-7-13-19-27(36)37,23-41-28(38)20-14-8-2-5-11-17-25(32)33)24-42-29(39)21-15-9-3-6-12-18-26(34)35/h2-24H2,1H3,(H,32,33)(H,34,35)(H,36,37). The van der Waals surface area contributed by atoms with Crippen LogP contribution in [0.1, 0.15) is 142 Å². The minimum atomic E-state index is -1.36. The molecule has 0 aliphatic heterocycles. The molecule has 0 saturated heterocycles. The van der Waals surface area contributed by atoms with Gasteiger partial charge in [-0.1, -0.05) is 57.8 Å². The SMILES string of the molecule is CC(COC(=O)CCCCCCCC(=O)O)(COC(=O)CCCCCCCC(=O)O)OC(=O)CCCCCCCC(=O)O. The van der Waals surface area contributed by atoms with E-state index >= 15 is 0 Å². The third-order valence-corrected chi connectivity index (χ3v) is 6.75. The third-order valence-electron chi connectivity index (χ3n) is 6.75. The predicted molar refractivity (Wildman–Crippen MR) is 156 cm³/mol. The maximum Gasteiger partial charge on any atom is 0.306 e. The van der Waals surface area contributed by atoms with Crippen LogP contribution >= 0.6 is 0 Å². The van der Waals surface area contributed by atoms with E-state index in [1.54, 1.807) is 6.92 Å². The van der Waals surface area contributed by atoms with Crippen molar-refractivity contribution in [1.29, 1.82) is 0 Å². The van der Waals surface area contributed by atoms with Crippen molar-refractivity contribution < 1.29 is 58.3 Å². The average Bonchev–Trinajstić information content (AvgIpc) is 2.93. The molecule has 0 heterocycles. The fraction of sp³-hybridized carbons (Fsp3) is 0.806. The number of ether oxygens (including phenoxy) is 3. The normalized spacial score (nSPS) is 11.1. The molecule has 43 heavy (non-hydrogen) atoms. The summed E-state index contributed by atoms with van der Waals surface area (Å²) in [5, 5.41) is 26.0. The molecule has 0 unspecified atom stereocenters. The second-order valence-corrected chi connectivity index (χ2v) is 11.2. The van der Waals surface area contributed by atoms with Gasteiger partial charge in [-0.05, 0) is 45.4 Å². The molecule has 0 aromatic heterocycles. The van der Waals surface area contributed by atoms with Gasteiger partial charge in [0.1, 0.15) is 13.2 Å². The quantitative estimate of drug-likeness (QED) is 0.0519. The molecule has 0 fully saturated rings. The van der Waals surface area contributed by atoms with E-state index in [-0.39, 0.29) is 51.7 Å². The van der Waals surface area contributed by atoms with Crippen molar-refractivity contribution in [3.8, 4) is 0 Å². The van der Waals surface area contributed by atoms with Gasteiger partial charge in [0.2, 0.25) is 0 Å². The van der Waals surface area contributed by atoms with Crippen molar-refractivity contribution in [2.75, 3.05) is 13.2 Å². The van der Waals surface area contributed by atoms with Gasteiger partial charge in [0.25, 0.3) is 0 Å². The zero-order valence-electron chi connectivity index (χ0n) is 25.8. The number of carbonyl (C=O) groups excluding carboxylic acids is 3. The van der Waals surface area contributed by atoms with Crippen molar-refractivity contribution >= 4 is 35.8 Å². The van der Waals surface area contributed by atoms with Gasteiger partial charge < -0.3 is 29.5 Å². The maximum atomic E-state index is 12.6. The first-order valence-corrected chi connectivity index (χ1v) is 15.6. The van der Waals surface area contributed by atoms with Crippen molar-refractivity contribution in [1.82, 2.24) is 0 Å². The smallest absolute Gasteiger partial charge is 0.306 e. The van der Waals surface area contributed by atoms with E-state index in [0.717, 1.165) is 57.8 Å². The van der Waals surface area contributed by atoms with E-state index in [1.165, 1.54) is 0 Å². The molecule has 12 heteroatoms. The lowest BCUT2D eigenvalue weighted by atomic mass is 10.1. The van der Waals surface area contributed by atoms with E-state index in [0.29, 0.717) is 38.5 Å². The maximum absolute atomic E-state index is 12.6. The number of hydrogen-bond donors (Lipinski definition) is 3. The number of carbonyl (C=O) groups is 6. The topological polar surface area (TPSA) is 191 Å². The number of carboxylic acids is 3. The molecule has 0 bridgehead atoms. The molecule has 0 spiro atoms. The highest BCUT2D eigenvalue weighted by Gasteiger charge is 2.33. The number of hydrogen-bond acceptors (Lipinski definition) is 9. The molecule has 12 nitrogen and oxygen atoms in total. The van der Waals surface area contributed by atoms with E-state index in [4.69, 9.17) is 29.5 Å². The first kappa shape index (κ1) is 39.8. The Morgan fingerprint density at radius 1 is 0.419 bits per heavy atom. The van der Waals surface area contributed by atoms with E-state index in [2.05, 4.69) is 0 Å². The van der Waals surface area contributed by atoms with Crippen LogP contribution in [0, 0.1) is 0 Å². The molecular weight excluding hydrogens is 564 g/mol. The first-order chi connectivity index (χ1) is 20.4. The van der Waals surface area contributed by atoms with Crippen LogP contribution in [0.3, 0.4) is 0 Å².